The maximum atomic E-state index is 13.7. The molecule has 0 bridgehead atoms. The number of carbonyl (C=O) groups is 3. The molecule has 1 heterocycles. The summed E-state index contributed by atoms with van der Waals surface area (Å²) in [5.74, 6) is -0.447. The normalized spacial score (nSPS) is 17.0. The van der Waals surface area contributed by atoms with Gasteiger partial charge >= 0.3 is 18.4 Å². The van der Waals surface area contributed by atoms with Crippen LogP contribution in [0, 0.1) is 6.92 Å². The van der Waals surface area contributed by atoms with E-state index in [1.807, 2.05) is 13.8 Å². The average molecular weight is 709 g/mol. The Hall–Kier alpha value is -4.59. The van der Waals surface area contributed by atoms with Gasteiger partial charge in [0.2, 0.25) is 0 Å². The second-order valence-corrected chi connectivity index (χ2v) is 12.6. The smallest absolute Gasteiger partial charge is 0.430 e. The number of aliphatic hydroxyl groups is 1. The summed E-state index contributed by atoms with van der Waals surface area (Å²) in [6, 6.07) is 11.4. The number of Topliss-reactive ketones (excluding diaryl/α,β-unsaturated/α-hetero) is 1. The zero-order valence-electron chi connectivity index (χ0n) is 28.3. The molecule has 0 saturated carbocycles. The van der Waals surface area contributed by atoms with E-state index in [0.717, 1.165) is 4.90 Å². The van der Waals surface area contributed by atoms with Crippen molar-refractivity contribution >= 4 is 17.7 Å². The van der Waals surface area contributed by atoms with E-state index in [0.29, 0.717) is 35.4 Å². The Kier molecular flexibility index (Phi) is 10.7. The number of carbonyl (C=O) groups excluding carboxylic acids is 3. The molecule has 1 unspecified atom stereocenters. The number of hydrogen-bond donors (Lipinski definition) is 2. The van der Waals surface area contributed by atoms with Gasteiger partial charge in [-0.05, 0) is 105 Å². The van der Waals surface area contributed by atoms with Crippen LogP contribution in [0.3, 0.4) is 0 Å². The lowest BCUT2D eigenvalue weighted by Gasteiger charge is -2.33. The highest BCUT2D eigenvalue weighted by molar-refractivity contribution is 6.11. The van der Waals surface area contributed by atoms with E-state index in [4.69, 9.17) is 9.47 Å². The SMILES string of the molecule is CCCc1cc(C(O)(C(F)(F)F)C(F)(F)F)cc(CC)c1Oc1ccc(C(=O)CN2C(=O)NC(C)(c3ccc(OC(C)C)cc3)C2=O)c(C)c1. The molecule has 8 nitrogen and oxygen atoms in total. The Morgan fingerprint density at radius 1 is 0.920 bits per heavy atom. The van der Waals surface area contributed by atoms with E-state index < -0.39 is 53.3 Å². The van der Waals surface area contributed by atoms with Crippen molar-refractivity contribution in [3.63, 3.8) is 0 Å². The van der Waals surface area contributed by atoms with Gasteiger partial charge in [0.1, 0.15) is 22.8 Å². The van der Waals surface area contributed by atoms with Crippen molar-refractivity contribution < 1.29 is 55.3 Å². The number of nitrogens with zero attached hydrogens (tertiary/aromatic N) is 1. The molecule has 1 atom stereocenters. The predicted molar refractivity (Wildman–Crippen MR) is 171 cm³/mol. The van der Waals surface area contributed by atoms with Gasteiger partial charge in [-0.15, -0.1) is 0 Å². The minimum atomic E-state index is -6.05. The largest absolute Gasteiger partial charge is 0.491 e. The van der Waals surface area contributed by atoms with Gasteiger partial charge in [0.15, 0.2) is 5.78 Å². The minimum absolute atomic E-state index is 0.000578. The molecule has 14 heteroatoms. The van der Waals surface area contributed by atoms with Gasteiger partial charge in [0.25, 0.3) is 11.5 Å². The molecule has 3 aromatic rings. The first-order valence-electron chi connectivity index (χ1n) is 15.9. The zero-order valence-corrected chi connectivity index (χ0v) is 28.3. The van der Waals surface area contributed by atoms with Crippen LogP contribution in [0.4, 0.5) is 31.1 Å². The number of hydrogen-bond acceptors (Lipinski definition) is 6. The predicted octanol–water partition coefficient (Wildman–Crippen LogP) is 8.05. The quantitative estimate of drug-likeness (QED) is 0.112. The minimum Gasteiger partial charge on any atom is -0.491 e. The second kappa shape index (κ2) is 14.0. The van der Waals surface area contributed by atoms with Crippen LogP contribution in [-0.2, 0) is 28.8 Å². The lowest BCUT2D eigenvalue weighted by molar-refractivity contribution is -0.376. The van der Waals surface area contributed by atoms with E-state index in [1.54, 1.807) is 38.1 Å². The highest BCUT2D eigenvalue weighted by atomic mass is 19.4. The Morgan fingerprint density at radius 3 is 2.02 bits per heavy atom. The summed E-state index contributed by atoms with van der Waals surface area (Å²) in [5, 5.41) is 12.7. The van der Waals surface area contributed by atoms with E-state index in [1.165, 1.54) is 32.0 Å². The molecule has 1 aliphatic heterocycles. The summed E-state index contributed by atoms with van der Waals surface area (Å²) < 4.78 is 93.8. The van der Waals surface area contributed by atoms with Gasteiger partial charge in [-0.2, -0.15) is 26.3 Å². The molecule has 1 saturated heterocycles. The summed E-state index contributed by atoms with van der Waals surface area (Å²) in [5.41, 5.74) is -6.85. The Labute approximate surface area is 285 Å². The van der Waals surface area contributed by atoms with E-state index in [2.05, 4.69) is 5.32 Å². The number of urea groups is 1. The molecule has 50 heavy (non-hydrogen) atoms. The van der Waals surface area contributed by atoms with Crippen molar-refractivity contribution in [3.8, 4) is 17.2 Å². The summed E-state index contributed by atoms with van der Waals surface area (Å²) in [7, 11) is 0. The van der Waals surface area contributed by atoms with Crippen molar-refractivity contribution in [2.45, 2.75) is 90.4 Å². The van der Waals surface area contributed by atoms with Crippen LogP contribution in [0.5, 0.6) is 17.2 Å². The topological polar surface area (TPSA) is 105 Å². The maximum Gasteiger partial charge on any atom is 0.430 e. The molecule has 1 fully saturated rings. The van der Waals surface area contributed by atoms with Crippen LogP contribution in [0.2, 0.25) is 0 Å². The zero-order chi connectivity index (χ0) is 37.4. The maximum absolute atomic E-state index is 13.7. The first-order chi connectivity index (χ1) is 23.2. The van der Waals surface area contributed by atoms with Crippen molar-refractivity contribution in [1.29, 1.82) is 0 Å². The van der Waals surface area contributed by atoms with Gasteiger partial charge in [-0.3, -0.25) is 14.5 Å². The van der Waals surface area contributed by atoms with Crippen LogP contribution >= 0.6 is 0 Å². The number of nitrogens with one attached hydrogen (secondary N) is 1. The van der Waals surface area contributed by atoms with Gasteiger partial charge in [0, 0.05) is 11.1 Å². The summed E-state index contributed by atoms with van der Waals surface area (Å²) in [4.78, 5) is 40.5. The molecule has 0 aliphatic carbocycles. The number of rotatable bonds is 12. The number of imide groups is 1. The molecular weight excluding hydrogens is 670 g/mol. The van der Waals surface area contributed by atoms with Gasteiger partial charge < -0.3 is 19.9 Å². The summed E-state index contributed by atoms with van der Waals surface area (Å²) in [6.45, 7) is 9.47. The summed E-state index contributed by atoms with van der Waals surface area (Å²) >= 11 is 0. The summed E-state index contributed by atoms with van der Waals surface area (Å²) in [6.07, 6.45) is -11.8. The van der Waals surface area contributed by atoms with Crippen LogP contribution in [-0.4, -0.2) is 52.7 Å². The Bertz CT molecular complexity index is 1760. The van der Waals surface area contributed by atoms with Gasteiger partial charge in [-0.25, -0.2) is 4.79 Å². The molecule has 3 aromatic carbocycles. The molecule has 0 radical (unpaired) electrons. The first-order valence-corrected chi connectivity index (χ1v) is 15.9. The fourth-order valence-corrected chi connectivity index (χ4v) is 5.83. The van der Waals surface area contributed by atoms with Crippen LogP contribution in [0.25, 0.3) is 0 Å². The number of ketones is 1. The third kappa shape index (κ3) is 7.16. The monoisotopic (exact) mass is 708 g/mol. The first kappa shape index (κ1) is 38.2. The van der Waals surface area contributed by atoms with Gasteiger partial charge in [-0.1, -0.05) is 32.4 Å². The standard InChI is InChI=1S/C36H38F6N2O6/c1-7-9-23-18-25(34(48,35(37,38)39)36(40,41)42)17-22(8-2)30(23)50-27-14-15-28(21(5)16-27)29(45)19-44-31(46)33(6,43-32(44)47)24-10-12-26(13-11-24)49-20(3)4/h10-18,20,48H,7-9,19H2,1-6H3,(H,43,47). The van der Waals surface area contributed by atoms with Crippen LogP contribution in [0.15, 0.2) is 54.6 Å². The molecular formula is C36H38F6N2O6. The number of amides is 3. The molecule has 270 valence electrons. The van der Waals surface area contributed by atoms with E-state index in [9.17, 15) is 45.8 Å². The fourth-order valence-electron chi connectivity index (χ4n) is 5.83. The molecule has 0 spiro atoms. The lowest BCUT2D eigenvalue weighted by Crippen LogP contribution is -2.54. The van der Waals surface area contributed by atoms with Crippen LogP contribution in [0.1, 0.15) is 79.2 Å². The highest BCUT2D eigenvalue weighted by Gasteiger charge is 2.71. The molecule has 2 N–H and O–H groups in total. The number of ether oxygens (including phenoxy) is 2. The lowest BCUT2D eigenvalue weighted by atomic mass is 9.87. The second-order valence-electron chi connectivity index (χ2n) is 12.6. The van der Waals surface area contributed by atoms with Crippen molar-refractivity contribution in [2.75, 3.05) is 6.54 Å². The Morgan fingerprint density at radius 2 is 1.50 bits per heavy atom. The third-order valence-corrected chi connectivity index (χ3v) is 8.48. The van der Waals surface area contributed by atoms with Gasteiger partial charge in [0.05, 0.1) is 12.6 Å². The number of benzene rings is 3. The number of halogens is 6. The number of alkyl halides is 6. The van der Waals surface area contributed by atoms with Crippen molar-refractivity contribution in [1.82, 2.24) is 10.2 Å². The molecule has 0 aromatic heterocycles. The van der Waals surface area contributed by atoms with Crippen molar-refractivity contribution in [2.24, 2.45) is 0 Å². The average Bonchev–Trinajstić information content (AvgIpc) is 3.23. The fraction of sp³-hybridized carbons (Fsp3) is 0.417. The molecule has 3 amide bonds. The Balaban J connectivity index is 1.59. The molecule has 4 rings (SSSR count). The molecule has 1 aliphatic rings. The van der Waals surface area contributed by atoms with Crippen molar-refractivity contribution in [3.05, 3.63) is 88.0 Å². The number of aryl methyl sites for hydroxylation is 3. The van der Waals surface area contributed by atoms with Crippen LogP contribution < -0.4 is 14.8 Å². The van der Waals surface area contributed by atoms with E-state index in [-0.39, 0.29) is 47.1 Å². The van der Waals surface area contributed by atoms with E-state index >= 15 is 0 Å². The third-order valence-electron chi connectivity index (χ3n) is 8.48. The highest BCUT2D eigenvalue weighted by Crippen LogP contribution is 2.51.